The standard InChI is InChI=1S/C25H34N2O3/c1-19(17-20-13-9-7-10-14-20)26(5)23(28)22(18-21-15-11-8-12-16-21)27(6)24(29)30-25(2,3)4/h7-16,19,22H,17-18H2,1-6H3/t19-,22+/m1/s1. The lowest BCUT2D eigenvalue weighted by atomic mass is 10.0. The Labute approximate surface area is 180 Å². The van der Waals surface area contributed by atoms with Crippen molar-refractivity contribution < 1.29 is 14.3 Å². The van der Waals surface area contributed by atoms with Gasteiger partial charge in [0.25, 0.3) is 0 Å². The van der Waals surface area contributed by atoms with Crippen LogP contribution in [0.5, 0.6) is 0 Å². The molecule has 0 bridgehead atoms. The Morgan fingerprint density at radius 3 is 1.77 bits per heavy atom. The maximum atomic E-state index is 13.5. The number of likely N-dealkylation sites (N-methyl/N-ethyl adjacent to an activating group) is 2. The Hall–Kier alpha value is -2.82. The van der Waals surface area contributed by atoms with E-state index in [0.717, 1.165) is 12.0 Å². The summed E-state index contributed by atoms with van der Waals surface area (Å²) in [6, 6.07) is 19.2. The molecule has 0 aromatic heterocycles. The van der Waals surface area contributed by atoms with Crippen molar-refractivity contribution in [3.63, 3.8) is 0 Å². The summed E-state index contributed by atoms with van der Waals surface area (Å²) in [5, 5.41) is 0. The molecule has 2 aromatic rings. The highest BCUT2D eigenvalue weighted by atomic mass is 16.6. The molecule has 0 spiro atoms. The summed E-state index contributed by atoms with van der Waals surface area (Å²) in [4.78, 5) is 29.3. The van der Waals surface area contributed by atoms with Crippen LogP contribution in [0.3, 0.4) is 0 Å². The third kappa shape index (κ3) is 6.90. The Morgan fingerprint density at radius 1 is 0.833 bits per heavy atom. The van der Waals surface area contributed by atoms with Crippen molar-refractivity contribution in [2.45, 2.75) is 58.2 Å². The lowest BCUT2D eigenvalue weighted by molar-refractivity contribution is -0.137. The maximum Gasteiger partial charge on any atom is 0.410 e. The van der Waals surface area contributed by atoms with Crippen molar-refractivity contribution in [3.05, 3.63) is 71.8 Å². The highest BCUT2D eigenvalue weighted by Gasteiger charge is 2.33. The first-order valence-corrected chi connectivity index (χ1v) is 10.4. The molecule has 2 atom stereocenters. The van der Waals surface area contributed by atoms with Gasteiger partial charge in [-0.2, -0.15) is 0 Å². The van der Waals surface area contributed by atoms with E-state index in [9.17, 15) is 9.59 Å². The number of carbonyl (C=O) groups is 2. The van der Waals surface area contributed by atoms with Crippen LogP contribution in [0.15, 0.2) is 60.7 Å². The van der Waals surface area contributed by atoms with E-state index in [4.69, 9.17) is 4.74 Å². The molecule has 0 aliphatic rings. The first-order chi connectivity index (χ1) is 14.1. The number of carbonyl (C=O) groups excluding carboxylic acids is 2. The molecule has 162 valence electrons. The van der Waals surface area contributed by atoms with Gasteiger partial charge in [0.05, 0.1) is 0 Å². The molecule has 5 nitrogen and oxygen atoms in total. The fraction of sp³-hybridized carbons (Fsp3) is 0.440. The Bertz CT molecular complexity index is 815. The van der Waals surface area contributed by atoms with Gasteiger partial charge in [-0.15, -0.1) is 0 Å². The summed E-state index contributed by atoms with van der Waals surface area (Å²) in [6.07, 6.45) is 0.677. The summed E-state index contributed by atoms with van der Waals surface area (Å²) in [5.74, 6) is -0.101. The first-order valence-electron chi connectivity index (χ1n) is 10.4. The van der Waals surface area contributed by atoms with E-state index in [1.165, 1.54) is 10.5 Å². The molecule has 0 aliphatic carbocycles. The average molecular weight is 411 g/mol. The summed E-state index contributed by atoms with van der Waals surface area (Å²) < 4.78 is 5.52. The second-order valence-electron chi connectivity index (χ2n) is 8.78. The molecule has 0 unspecified atom stereocenters. The largest absolute Gasteiger partial charge is 0.444 e. The van der Waals surface area contributed by atoms with Gasteiger partial charge in [0, 0.05) is 26.6 Å². The van der Waals surface area contributed by atoms with Gasteiger partial charge in [-0.05, 0) is 45.2 Å². The van der Waals surface area contributed by atoms with Crippen molar-refractivity contribution in [1.29, 1.82) is 0 Å². The van der Waals surface area contributed by atoms with Crippen LogP contribution in [-0.4, -0.2) is 53.6 Å². The predicted molar refractivity (Wildman–Crippen MR) is 120 cm³/mol. The number of hydrogen-bond acceptors (Lipinski definition) is 3. The minimum absolute atomic E-state index is 0.00906. The molecule has 0 fully saturated rings. The molecule has 2 rings (SSSR count). The first kappa shape index (κ1) is 23.5. The van der Waals surface area contributed by atoms with Crippen molar-refractivity contribution in [2.75, 3.05) is 14.1 Å². The molecular formula is C25H34N2O3. The van der Waals surface area contributed by atoms with Gasteiger partial charge in [0.1, 0.15) is 11.6 Å². The second kappa shape index (κ2) is 10.3. The molecule has 2 amide bonds. The van der Waals surface area contributed by atoms with Crippen molar-refractivity contribution in [1.82, 2.24) is 9.80 Å². The molecule has 0 aliphatic heterocycles. The molecule has 0 saturated heterocycles. The van der Waals surface area contributed by atoms with Gasteiger partial charge >= 0.3 is 6.09 Å². The molecule has 0 saturated carbocycles. The molecular weight excluding hydrogens is 376 g/mol. The van der Waals surface area contributed by atoms with Crippen LogP contribution in [0.4, 0.5) is 4.79 Å². The van der Waals surface area contributed by atoms with Crippen LogP contribution in [0.1, 0.15) is 38.8 Å². The SMILES string of the molecule is C[C@H](Cc1ccccc1)N(C)C(=O)[C@H](Cc1ccccc1)N(C)C(=O)OC(C)(C)C. The van der Waals surface area contributed by atoms with E-state index >= 15 is 0 Å². The van der Waals surface area contributed by atoms with E-state index in [2.05, 4.69) is 12.1 Å². The number of rotatable bonds is 7. The number of hydrogen-bond donors (Lipinski definition) is 0. The molecule has 5 heteroatoms. The number of ether oxygens (including phenoxy) is 1. The van der Waals surface area contributed by atoms with Crippen LogP contribution < -0.4 is 0 Å². The van der Waals surface area contributed by atoms with Crippen LogP contribution in [0.2, 0.25) is 0 Å². The van der Waals surface area contributed by atoms with E-state index in [1.54, 1.807) is 19.0 Å². The van der Waals surface area contributed by atoms with E-state index in [0.29, 0.717) is 6.42 Å². The smallest absolute Gasteiger partial charge is 0.410 e. The molecule has 2 aromatic carbocycles. The summed E-state index contributed by atoms with van der Waals surface area (Å²) in [5.41, 5.74) is 1.54. The van der Waals surface area contributed by atoms with Gasteiger partial charge in [-0.3, -0.25) is 9.69 Å². The number of benzene rings is 2. The van der Waals surface area contributed by atoms with Gasteiger partial charge in [0.15, 0.2) is 0 Å². The monoisotopic (exact) mass is 410 g/mol. The van der Waals surface area contributed by atoms with Crippen LogP contribution in [0, 0.1) is 0 Å². The van der Waals surface area contributed by atoms with E-state index in [-0.39, 0.29) is 11.9 Å². The minimum atomic E-state index is -0.648. The van der Waals surface area contributed by atoms with Gasteiger partial charge in [0.2, 0.25) is 5.91 Å². The quantitative estimate of drug-likeness (QED) is 0.673. The van der Waals surface area contributed by atoms with Crippen LogP contribution >= 0.6 is 0 Å². The highest BCUT2D eigenvalue weighted by Crippen LogP contribution is 2.17. The van der Waals surface area contributed by atoms with Gasteiger partial charge < -0.3 is 9.64 Å². The Balaban J connectivity index is 2.20. The Morgan fingerprint density at radius 2 is 1.30 bits per heavy atom. The van der Waals surface area contributed by atoms with Crippen LogP contribution in [-0.2, 0) is 22.4 Å². The summed E-state index contributed by atoms with van der Waals surface area (Å²) in [6.45, 7) is 7.49. The summed E-state index contributed by atoms with van der Waals surface area (Å²) in [7, 11) is 3.44. The maximum absolute atomic E-state index is 13.5. The van der Waals surface area contributed by atoms with Crippen molar-refractivity contribution in [2.24, 2.45) is 0 Å². The number of amides is 2. The fourth-order valence-electron chi connectivity index (χ4n) is 3.23. The zero-order valence-corrected chi connectivity index (χ0v) is 19.0. The van der Waals surface area contributed by atoms with E-state index < -0.39 is 17.7 Å². The normalized spacial score (nSPS) is 13.3. The van der Waals surface area contributed by atoms with Crippen molar-refractivity contribution in [3.8, 4) is 0 Å². The Kier molecular flexibility index (Phi) is 8.04. The highest BCUT2D eigenvalue weighted by molar-refractivity contribution is 5.86. The van der Waals surface area contributed by atoms with Crippen molar-refractivity contribution >= 4 is 12.0 Å². The third-order valence-corrected chi connectivity index (χ3v) is 5.09. The minimum Gasteiger partial charge on any atom is -0.444 e. The molecule has 0 radical (unpaired) electrons. The van der Waals surface area contributed by atoms with Gasteiger partial charge in [-0.1, -0.05) is 60.7 Å². The predicted octanol–water partition coefficient (Wildman–Crippen LogP) is 4.55. The number of nitrogens with zero attached hydrogens (tertiary/aromatic N) is 2. The molecule has 0 N–H and O–H groups in total. The second-order valence-corrected chi connectivity index (χ2v) is 8.78. The zero-order chi connectivity index (χ0) is 22.3. The molecule has 0 heterocycles. The summed E-state index contributed by atoms with van der Waals surface area (Å²) >= 11 is 0. The lowest BCUT2D eigenvalue weighted by Crippen LogP contribution is -2.52. The lowest BCUT2D eigenvalue weighted by Gasteiger charge is -2.34. The third-order valence-electron chi connectivity index (χ3n) is 5.09. The van der Waals surface area contributed by atoms with E-state index in [1.807, 2.05) is 76.2 Å². The van der Waals surface area contributed by atoms with Crippen LogP contribution in [0.25, 0.3) is 0 Å². The average Bonchev–Trinajstić information content (AvgIpc) is 2.70. The fourth-order valence-corrected chi connectivity index (χ4v) is 3.23. The van der Waals surface area contributed by atoms with Gasteiger partial charge in [-0.25, -0.2) is 4.79 Å². The topological polar surface area (TPSA) is 49.9 Å². The zero-order valence-electron chi connectivity index (χ0n) is 19.0. The molecule has 30 heavy (non-hydrogen) atoms.